The standard InChI is InChI=1S/C13H25NO3/c1-3-16-13(15)11(2)10-14-8-7-12-6-4-5-9-17-12/h11-12,14H,3-10H2,1-2H3. The van der Waals surface area contributed by atoms with Gasteiger partial charge in [0.25, 0.3) is 0 Å². The summed E-state index contributed by atoms with van der Waals surface area (Å²) in [5, 5.41) is 3.29. The Morgan fingerprint density at radius 3 is 3.00 bits per heavy atom. The van der Waals surface area contributed by atoms with Gasteiger partial charge in [0.2, 0.25) is 0 Å². The fraction of sp³-hybridized carbons (Fsp3) is 0.923. The minimum atomic E-state index is -0.117. The van der Waals surface area contributed by atoms with Crippen molar-refractivity contribution in [1.29, 1.82) is 0 Å². The summed E-state index contributed by atoms with van der Waals surface area (Å²) in [6.45, 7) is 6.68. The topological polar surface area (TPSA) is 47.6 Å². The van der Waals surface area contributed by atoms with Crippen molar-refractivity contribution >= 4 is 5.97 Å². The van der Waals surface area contributed by atoms with E-state index in [1.54, 1.807) is 0 Å². The average Bonchev–Trinajstić information content (AvgIpc) is 2.36. The summed E-state index contributed by atoms with van der Waals surface area (Å²) < 4.78 is 10.6. The molecule has 1 rings (SSSR count). The van der Waals surface area contributed by atoms with Crippen molar-refractivity contribution in [3.05, 3.63) is 0 Å². The summed E-state index contributed by atoms with van der Waals surface area (Å²) in [5.74, 6) is -0.184. The van der Waals surface area contributed by atoms with Gasteiger partial charge in [-0.05, 0) is 39.2 Å². The highest BCUT2D eigenvalue weighted by Gasteiger charge is 2.15. The minimum absolute atomic E-state index is 0.0674. The lowest BCUT2D eigenvalue weighted by Crippen LogP contribution is -2.31. The van der Waals surface area contributed by atoms with Gasteiger partial charge in [0, 0.05) is 13.2 Å². The third kappa shape index (κ3) is 6.03. The SMILES string of the molecule is CCOC(=O)C(C)CNCCC1CCCCO1. The van der Waals surface area contributed by atoms with Crippen LogP contribution in [0.3, 0.4) is 0 Å². The molecule has 17 heavy (non-hydrogen) atoms. The second-order valence-electron chi connectivity index (χ2n) is 4.63. The molecule has 4 nitrogen and oxygen atoms in total. The lowest BCUT2D eigenvalue weighted by molar-refractivity contribution is -0.147. The first kappa shape index (κ1) is 14.5. The van der Waals surface area contributed by atoms with Crippen molar-refractivity contribution < 1.29 is 14.3 Å². The number of rotatable bonds is 7. The fourth-order valence-corrected chi connectivity index (χ4v) is 1.98. The molecule has 0 aromatic heterocycles. The van der Waals surface area contributed by atoms with Crippen LogP contribution in [0.1, 0.15) is 39.5 Å². The average molecular weight is 243 g/mol. The molecule has 1 saturated heterocycles. The second-order valence-corrected chi connectivity index (χ2v) is 4.63. The lowest BCUT2D eigenvalue weighted by atomic mass is 10.1. The van der Waals surface area contributed by atoms with Gasteiger partial charge in [-0.25, -0.2) is 0 Å². The van der Waals surface area contributed by atoms with Crippen LogP contribution in [0.2, 0.25) is 0 Å². The normalized spacial score (nSPS) is 22.1. The van der Waals surface area contributed by atoms with E-state index < -0.39 is 0 Å². The Labute approximate surface area is 104 Å². The Morgan fingerprint density at radius 1 is 1.53 bits per heavy atom. The summed E-state index contributed by atoms with van der Waals surface area (Å²) in [5.41, 5.74) is 0. The van der Waals surface area contributed by atoms with Crippen molar-refractivity contribution in [1.82, 2.24) is 5.32 Å². The van der Waals surface area contributed by atoms with E-state index in [0.29, 0.717) is 19.3 Å². The molecule has 2 atom stereocenters. The van der Waals surface area contributed by atoms with Crippen molar-refractivity contribution in [3.8, 4) is 0 Å². The van der Waals surface area contributed by atoms with Gasteiger partial charge in [-0.15, -0.1) is 0 Å². The molecule has 1 fully saturated rings. The molecule has 0 aromatic carbocycles. The number of hydrogen-bond donors (Lipinski definition) is 1. The van der Waals surface area contributed by atoms with Crippen LogP contribution >= 0.6 is 0 Å². The predicted molar refractivity (Wildman–Crippen MR) is 66.9 cm³/mol. The third-order valence-corrected chi connectivity index (χ3v) is 3.06. The Morgan fingerprint density at radius 2 is 2.35 bits per heavy atom. The van der Waals surface area contributed by atoms with E-state index in [2.05, 4.69) is 5.32 Å². The minimum Gasteiger partial charge on any atom is -0.466 e. The Bertz CT molecular complexity index is 215. The van der Waals surface area contributed by atoms with E-state index in [9.17, 15) is 4.79 Å². The lowest BCUT2D eigenvalue weighted by Gasteiger charge is -2.22. The predicted octanol–water partition coefficient (Wildman–Crippen LogP) is 1.73. The van der Waals surface area contributed by atoms with Crippen LogP contribution in [0.4, 0.5) is 0 Å². The number of carbonyl (C=O) groups excluding carboxylic acids is 1. The molecule has 1 aliphatic rings. The zero-order valence-corrected chi connectivity index (χ0v) is 11.0. The van der Waals surface area contributed by atoms with Gasteiger partial charge < -0.3 is 14.8 Å². The molecular weight excluding hydrogens is 218 g/mol. The van der Waals surface area contributed by atoms with E-state index >= 15 is 0 Å². The monoisotopic (exact) mass is 243 g/mol. The molecule has 0 bridgehead atoms. The first-order chi connectivity index (χ1) is 8.24. The fourth-order valence-electron chi connectivity index (χ4n) is 1.98. The molecule has 100 valence electrons. The molecule has 0 saturated carbocycles. The van der Waals surface area contributed by atoms with Crippen LogP contribution in [0, 0.1) is 5.92 Å². The summed E-state index contributed by atoms with van der Waals surface area (Å²) in [7, 11) is 0. The van der Waals surface area contributed by atoms with Crippen LogP contribution in [-0.4, -0.2) is 38.4 Å². The van der Waals surface area contributed by atoms with Gasteiger partial charge in [0.15, 0.2) is 0 Å². The number of esters is 1. The molecule has 0 amide bonds. The highest BCUT2D eigenvalue weighted by molar-refractivity contribution is 5.72. The zero-order chi connectivity index (χ0) is 12.5. The third-order valence-electron chi connectivity index (χ3n) is 3.06. The Kier molecular flexibility index (Phi) is 7.21. The molecule has 0 radical (unpaired) electrons. The number of ether oxygens (including phenoxy) is 2. The van der Waals surface area contributed by atoms with Crippen molar-refractivity contribution in [2.75, 3.05) is 26.3 Å². The van der Waals surface area contributed by atoms with Crippen LogP contribution in [0.15, 0.2) is 0 Å². The van der Waals surface area contributed by atoms with Crippen molar-refractivity contribution in [3.63, 3.8) is 0 Å². The summed E-state index contributed by atoms with van der Waals surface area (Å²) in [6, 6.07) is 0. The quantitative estimate of drug-likeness (QED) is 0.546. The molecular formula is C13H25NO3. The highest BCUT2D eigenvalue weighted by atomic mass is 16.5. The summed E-state index contributed by atoms with van der Waals surface area (Å²) >= 11 is 0. The molecule has 2 unspecified atom stereocenters. The molecule has 1 N–H and O–H groups in total. The number of hydrogen-bond acceptors (Lipinski definition) is 4. The van der Waals surface area contributed by atoms with Crippen LogP contribution in [-0.2, 0) is 14.3 Å². The second kappa shape index (κ2) is 8.48. The smallest absolute Gasteiger partial charge is 0.309 e. The summed E-state index contributed by atoms with van der Waals surface area (Å²) in [4.78, 5) is 11.4. The highest BCUT2D eigenvalue weighted by Crippen LogP contribution is 2.14. The van der Waals surface area contributed by atoms with Gasteiger partial charge >= 0.3 is 5.97 Å². The molecule has 4 heteroatoms. The van der Waals surface area contributed by atoms with E-state index in [4.69, 9.17) is 9.47 Å². The van der Waals surface area contributed by atoms with Gasteiger partial charge in [0.05, 0.1) is 18.6 Å². The number of carbonyl (C=O) groups is 1. The van der Waals surface area contributed by atoms with Gasteiger partial charge in [-0.1, -0.05) is 6.92 Å². The molecule has 0 spiro atoms. The van der Waals surface area contributed by atoms with Crippen LogP contribution < -0.4 is 5.32 Å². The maximum Gasteiger partial charge on any atom is 0.309 e. The van der Waals surface area contributed by atoms with Crippen molar-refractivity contribution in [2.24, 2.45) is 5.92 Å². The zero-order valence-electron chi connectivity index (χ0n) is 11.0. The Hall–Kier alpha value is -0.610. The molecule has 0 aliphatic carbocycles. The first-order valence-corrected chi connectivity index (χ1v) is 6.73. The largest absolute Gasteiger partial charge is 0.466 e. The Balaban J connectivity index is 2.00. The van der Waals surface area contributed by atoms with Crippen LogP contribution in [0.25, 0.3) is 0 Å². The van der Waals surface area contributed by atoms with Gasteiger partial charge in [0.1, 0.15) is 0 Å². The van der Waals surface area contributed by atoms with Gasteiger partial charge in [-0.3, -0.25) is 4.79 Å². The van der Waals surface area contributed by atoms with E-state index in [1.807, 2.05) is 13.8 Å². The molecule has 0 aromatic rings. The van der Waals surface area contributed by atoms with Gasteiger partial charge in [-0.2, -0.15) is 0 Å². The molecule has 1 heterocycles. The number of nitrogens with one attached hydrogen (secondary N) is 1. The summed E-state index contributed by atoms with van der Waals surface area (Å²) in [6.07, 6.45) is 5.10. The maximum atomic E-state index is 11.4. The molecule has 1 aliphatic heterocycles. The van der Waals surface area contributed by atoms with Crippen molar-refractivity contribution in [2.45, 2.75) is 45.6 Å². The van der Waals surface area contributed by atoms with E-state index in [0.717, 1.165) is 19.6 Å². The maximum absolute atomic E-state index is 11.4. The van der Waals surface area contributed by atoms with E-state index in [1.165, 1.54) is 19.3 Å². The van der Waals surface area contributed by atoms with Crippen LogP contribution in [0.5, 0.6) is 0 Å². The van der Waals surface area contributed by atoms with E-state index in [-0.39, 0.29) is 11.9 Å². The first-order valence-electron chi connectivity index (χ1n) is 6.73.